The molecule has 0 saturated carbocycles. The van der Waals surface area contributed by atoms with Gasteiger partial charge >= 0.3 is 12.0 Å². The lowest BCUT2D eigenvalue weighted by molar-refractivity contribution is -0.139. The van der Waals surface area contributed by atoms with Crippen LogP contribution in [0.1, 0.15) is 12.0 Å². The molecule has 1 atom stereocenters. The van der Waals surface area contributed by atoms with Gasteiger partial charge in [0.2, 0.25) is 0 Å². The number of carboxylic acid groups (broad SMARTS) is 1. The maximum atomic E-state index is 13.3. The molecule has 5 nitrogen and oxygen atoms in total. The highest BCUT2D eigenvalue weighted by atomic mass is 32.2. The first-order valence-electron chi connectivity index (χ1n) is 6.00. The van der Waals surface area contributed by atoms with E-state index in [1.807, 2.05) is 6.26 Å². The zero-order valence-corrected chi connectivity index (χ0v) is 12.1. The van der Waals surface area contributed by atoms with E-state index in [9.17, 15) is 14.0 Å². The molecule has 20 heavy (non-hydrogen) atoms. The van der Waals surface area contributed by atoms with Crippen molar-refractivity contribution in [3.63, 3.8) is 0 Å². The molecule has 0 aliphatic heterocycles. The maximum absolute atomic E-state index is 13.3. The van der Waals surface area contributed by atoms with Crippen molar-refractivity contribution in [3.8, 4) is 0 Å². The second-order valence-corrected chi connectivity index (χ2v) is 5.17. The van der Waals surface area contributed by atoms with Crippen LogP contribution in [0.15, 0.2) is 18.2 Å². The number of halogens is 1. The van der Waals surface area contributed by atoms with Gasteiger partial charge in [0, 0.05) is 11.3 Å². The molecule has 1 aromatic rings. The number of nitrogens with one attached hydrogen (secondary N) is 2. The number of urea groups is 1. The molecule has 0 bridgehead atoms. The molecule has 0 unspecified atom stereocenters. The molecule has 0 aromatic heterocycles. The van der Waals surface area contributed by atoms with E-state index >= 15 is 0 Å². The molecule has 1 rings (SSSR count). The topological polar surface area (TPSA) is 78.4 Å². The summed E-state index contributed by atoms with van der Waals surface area (Å²) in [5.41, 5.74) is 0.621. The van der Waals surface area contributed by atoms with Crippen molar-refractivity contribution < 1.29 is 19.1 Å². The first kappa shape index (κ1) is 16.3. The van der Waals surface area contributed by atoms with E-state index in [1.165, 1.54) is 30.8 Å². The third kappa shape index (κ3) is 4.73. The van der Waals surface area contributed by atoms with Gasteiger partial charge in [0.05, 0.1) is 0 Å². The summed E-state index contributed by atoms with van der Waals surface area (Å²) in [4.78, 5) is 22.7. The fourth-order valence-electron chi connectivity index (χ4n) is 1.55. The summed E-state index contributed by atoms with van der Waals surface area (Å²) in [5.74, 6) is -0.902. The normalized spacial score (nSPS) is 11.8. The number of aliphatic carboxylic acids is 1. The second-order valence-electron chi connectivity index (χ2n) is 4.18. The molecule has 0 fully saturated rings. The minimum absolute atomic E-state index is 0.304. The van der Waals surface area contributed by atoms with E-state index in [1.54, 1.807) is 6.07 Å². The lowest BCUT2D eigenvalue weighted by Crippen LogP contribution is -2.43. The van der Waals surface area contributed by atoms with Crippen LogP contribution >= 0.6 is 11.8 Å². The minimum Gasteiger partial charge on any atom is -0.480 e. The predicted octanol–water partition coefficient (Wildman–Crippen LogP) is 2.46. The molecule has 110 valence electrons. The number of benzene rings is 1. The van der Waals surface area contributed by atoms with Crippen LogP contribution in [-0.2, 0) is 4.79 Å². The summed E-state index contributed by atoms with van der Waals surface area (Å²) in [6, 6.07) is 2.69. The van der Waals surface area contributed by atoms with Crippen LogP contribution in [0.4, 0.5) is 14.9 Å². The Morgan fingerprint density at radius 1 is 1.45 bits per heavy atom. The summed E-state index contributed by atoms with van der Waals surface area (Å²) in [6.45, 7) is 1.54. The van der Waals surface area contributed by atoms with Crippen LogP contribution in [0.3, 0.4) is 0 Å². The van der Waals surface area contributed by atoms with E-state index in [2.05, 4.69) is 10.6 Å². The molecular weight excluding hydrogens is 283 g/mol. The summed E-state index contributed by atoms with van der Waals surface area (Å²) in [5, 5.41) is 13.8. The first-order valence-corrected chi connectivity index (χ1v) is 7.39. The molecule has 0 aliphatic carbocycles. The van der Waals surface area contributed by atoms with E-state index in [-0.39, 0.29) is 0 Å². The highest BCUT2D eigenvalue weighted by Crippen LogP contribution is 2.17. The van der Waals surface area contributed by atoms with Crippen molar-refractivity contribution in [2.24, 2.45) is 0 Å². The monoisotopic (exact) mass is 300 g/mol. The number of carboxylic acids is 1. The number of carbonyl (C=O) groups is 2. The average molecular weight is 300 g/mol. The van der Waals surface area contributed by atoms with Crippen LogP contribution in [0.5, 0.6) is 0 Å². The molecule has 2 amide bonds. The highest BCUT2D eigenvalue weighted by molar-refractivity contribution is 7.98. The highest BCUT2D eigenvalue weighted by Gasteiger charge is 2.19. The van der Waals surface area contributed by atoms with E-state index in [0.717, 1.165) is 0 Å². The number of rotatable bonds is 6. The number of carbonyl (C=O) groups excluding carboxylic acids is 1. The Kier molecular flexibility index (Phi) is 6.30. The summed E-state index contributed by atoms with van der Waals surface area (Å²) < 4.78 is 13.3. The zero-order valence-electron chi connectivity index (χ0n) is 11.3. The third-order valence-corrected chi connectivity index (χ3v) is 3.37. The number of anilines is 1. The Labute approximate surface area is 120 Å². The van der Waals surface area contributed by atoms with Crippen molar-refractivity contribution in [3.05, 3.63) is 29.6 Å². The predicted molar refractivity (Wildman–Crippen MR) is 77.7 cm³/mol. The van der Waals surface area contributed by atoms with Crippen molar-refractivity contribution in [2.75, 3.05) is 17.3 Å². The number of amides is 2. The molecule has 0 radical (unpaired) electrons. The van der Waals surface area contributed by atoms with Gasteiger partial charge in [-0.15, -0.1) is 0 Å². The van der Waals surface area contributed by atoms with Crippen LogP contribution in [0.25, 0.3) is 0 Å². The fraction of sp³-hybridized carbons (Fsp3) is 0.385. The van der Waals surface area contributed by atoms with Crippen molar-refractivity contribution in [2.45, 2.75) is 19.4 Å². The van der Waals surface area contributed by atoms with E-state index in [4.69, 9.17) is 5.11 Å². The summed E-state index contributed by atoms with van der Waals surface area (Å²) in [7, 11) is 0. The van der Waals surface area contributed by atoms with Gasteiger partial charge in [-0.05, 0) is 37.5 Å². The quantitative estimate of drug-likeness (QED) is 0.754. The minimum atomic E-state index is -1.09. The Hall–Kier alpha value is -1.76. The molecule has 1 aromatic carbocycles. The zero-order chi connectivity index (χ0) is 15.1. The van der Waals surface area contributed by atoms with Crippen LogP contribution in [0.2, 0.25) is 0 Å². The van der Waals surface area contributed by atoms with Crippen LogP contribution in [0, 0.1) is 12.7 Å². The number of hydrogen-bond acceptors (Lipinski definition) is 3. The van der Waals surface area contributed by atoms with Crippen molar-refractivity contribution in [1.82, 2.24) is 5.32 Å². The van der Waals surface area contributed by atoms with Gasteiger partial charge in [-0.3, -0.25) is 0 Å². The average Bonchev–Trinajstić information content (AvgIpc) is 2.39. The Morgan fingerprint density at radius 3 is 2.75 bits per heavy atom. The van der Waals surface area contributed by atoms with Gasteiger partial charge in [0.1, 0.15) is 11.9 Å². The second kappa shape index (κ2) is 7.74. The Morgan fingerprint density at radius 2 is 2.15 bits per heavy atom. The Balaban J connectivity index is 2.66. The number of hydrogen-bond donors (Lipinski definition) is 3. The standard InChI is InChI=1S/C13H17FN2O3S/c1-8-9(14)4-3-5-10(8)15-13(19)16-11(12(17)18)6-7-20-2/h3-5,11H,6-7H2,1-2H3,(H,17,18)(H2,15,16,19)/t11-/m0/s1. The lowest BCUT2D eigenvalue weighted by Gasteiger charge is -2.15. The molecule has 0 saturated heterocycles. The van der Waals surface area contributed by atoms with Gasteiger partial charge in [-0.1, -0.05) is 6.07 Å². The van der Waals surface area contributed by atoms with Crippen molar-refractivity contribution in [1.29, 1.82) is 0 Å². The van der Waals surface area contributed by atoms with Gasteiger partial charge in [-0.25, -0.2) is 14.0 Å². The maximum Gasteiger partial charge on any atom is 0.326 e. The van der Waals surface area contributed by atoms with Crippen molar-refractivity contribution >= 4 is 29.4 Å². The van der Waals surface area contributed by atoms with E-state index in [0.29, 0.717) is 23.4 Å². The largest absolute Gasteiger partial charge is 0.480 e. The van der Waals surface area contributed by atoms with Crippen LogP contribution < -0.4 is 10.6 Å². The molecule has 0 spiro atoms. The van der Waals surface area contributed by atoms with Gasteiger partial charge < -0.3 is 15.7 Å². The SMILES string of the molecule is CSCC[C@H](NC(=O)Nc1cccc(F)c1C)C(=O)O. The van der Waals surface area contributed by atoms with Gasteiger partial charge in [-0.2, -0.15) is 11.8 Å². The van der Waals surface area contributed by atoms with Crippen LogP contribution in [-0.4, -0.2) is 35.2 Å². The number of thioether (sulfide) groups is 1. The molecule has 7 heteroatoms. The van der Waals surface area contributed by atoms with E-state index < -0.39 is 23.9 Å². The summed E-state index contributed by atoms with van der Waals surface area (Å²) >= 11 is 1.50. The third-order valence-electron chi connectivity index (χ3n) is 2.73. The van der Waals surface area contributed by atoms with Gasteiger partial charge in [0.15, 0.2) is 0 Å². The molecule has 0 aliphatic rings. The van der Waals surface area contributed by atoms with Gasteiger partial charge in [0.25, 0.3) is 0 Å². The summed E-state index contributed by atoms with van der Waals surface area (Å²) in [6.07, 6.45) is 2.18. The lowest BCUT2D eigenvalue weighted by atomic mass is 10.2. The molecule has 3 N–H and O–H groups in total. The Bertz CT molecular complexity index is 497. The smallest absolute Gasteiger partial charge is 0.326 e. The first-order chi connectivity index (χ1) is 9.45. The molecular formula is C13H17FN2O3S. The molecule has 0 heterocycles. The fourth-order valence-corrected chi connectivity index (χ4v) is 2.02.